The van der Waals surface area contributed by atoms with Crippen LogP contribution in [0.5, 0.6) is 0 Å². The summed E-state index contributed by atoms with van der Waals surface area (Å²) >= 11 is 5.87. The number of aromatic amines is 1. The molecule has 13 heavy (non-hydrogen) atoms. The molecule has 0 aliphatic heterocycles. The van der Waals surface area contributed by atoms with Gasteiger partial charge in [0.05, 0.1) is 5.69 Å². The third kappa shape index (κ3) is 1.38. The molecule has 1 aromatic heterocycles. The summed E-state index contributed by atoms with van der Waals surface area (Å²) in [7, 11) is 4.05. The molecule has 1 heterocycles. The number of rotatable bonds is 1. The zero-order valence-corrected chi connectivity index (χ0v) is 8.39. The highest BCUT2D eigenvalue weighted by atomic mass is 35.5. The Labute approximate surface area is 82.1 Å². The molecule has 1 aromatic carbocycles. The standard InChI is InChI=1S/C10H11ClN2/c1-13(2)10-6-12-9-5-7(11)3-4-8(9)10/h3-6,12H,1-2H3. The molecule has 0 saturated heterocycles. The van der Waals surface area contributed by atoms with Gasteiger partial charge >= 0.3 is 0 Å². The first-order chi connectivity index (χ1) is 6.18. The zero-order valence-electron chi connectivity index (χ0n) is 7.63. The first-order valence-electron chi connectivity index (χ1n) is 4.12. The van der Waals surface area contributed by atoms with Crippen LogP contribution in [0.1, 0.15) is 0 Å². The van der Waals surface area contributed by atoms with E-state index in [4.69, 9.17) is 11.6 Å². The molecule has 0 aliphatic rings. The summed E-state index contributed by atoms with van der Waals surface area (Å²) in [6.45, 7) is 0. The van der Waals surface area contributed by atoms with Crippen molar-refractivity contribution in [2.75, 3.05) is 19.0 Å². The van der Waals surface area contributed by atoms with E-state index in [1.165, 1.54) is 11.1 Å². The molecule has 0 radical (unpaired) electrons. The van der Waals surface area contributed by atoms with Gasteiger partial charge in [-0.2, -0.15) is 0 Å². The van der Waals surface area contributed by atoms with Crippen molar-refractivity contribution in [2.45, 2.75) is 0 Å². The lowest BCUT2D eigenvalue weighted by Gasteiger charge is -2.09. The van der Waals surface area contributed by atoms with Crippen molar-refractivity contribution >= 4 is 28.2 Å². The van der Waals surface area contributed by atoms with Gasteiger partial charge in [-0.1, -0.05) is 11.6 Å². The summed E-state index contributed by atoms with van der Waals surface area (Å²) in [4.78, 5) is 5.26. The van der Waals surface area contributed by atoms with Gasteiger partial charge in [0.15, 0.2) is 0 Å². The Morgan fingerprint density at radius 3 is 2.77 bits per heavy atom. The van der Waals surface area contributed by atoms with Crippen molar-refractivity contribution in [3.8, 4) is 0 Å². The Kier molecular flexibility index (Phi) is 1.93. The molecular formula is C10H11ClN2. The van der Waals surface area contributed by atoms with Crippen LogP contribution < -0.4 is 4.90 Å². The van der Waals surface area contributed by atoms with Crippen molar-refractivity contribution in [1.82, 2.24) is 4.98 Å². The minimum atomic E-state index is 0.764. The van der Waals surface area contributed by atoms with Crippen LogP contribution in [-0.4, -0.2) is 19.1 Å². The van der Waals surface area contributed by atoms with E-state index < -0.39 is 0 Å². The molecule has 2 rings (SSSR count). The van der Waals surface area contributed by atoms with Gasteiger partial charge in [0, 0.05) is 36.2 Å². The Balaban J connectivity index is 2.69. The maximum atomic E-state index is 5.87. The van der Waals surface area contributed by atoms with Gasteiger partial charge in [0.25, 0.3) is 0 Å². The molecule has 0 fully saturated rings. The highest BCUT2D eigenvalue weighted by Crippen LogP contribution is 2.27. The Bertz CT molecular complexity index is 431. The molecule has 1 N–H and O–H groups in total. The predicted octanol–water partition coefficient (Wildman–Crippen LogP) is 2.89. The predicted molar refractivity (Wildman–Crippen MR) is 57.6 cm³/mol. The third-order valence-corrected chi connectivity index (χ3v) is 2.34. The van der Waals surface area contributed by atoms with Crippen molar-refractivity contribution in [1.29, 1.82) is 0 Å². The van der Waals surface area contributed by atoms with Gasteiger partial charge in [-0.25, -0.2) is 0 Å². The molecule has 3 heteroatoms. The number of benzene rings is 1. The smallest absolute Gasteiger partial charge is 0.0618 e. The number of nitrogens with zero attached hydrogens (tertiary/aromatic N) is 1. The van der Waals surface area contributed by atoms with Crippen LogP contribution >= 0.6 is 11.6 Å². The second-order valence-corrected chi connectivity index (χ2v) is 3.69. The number of nitrogens with one attached hydrogen (secondary N) is 1. The van der Waals surface area contributed by atoms with Crippen LogP contribution in [-0.2, 0) is 0 Å². The third-order valence-electron chi connectivity index (χ3n) is 2.10. The quantitative estimate of drug-likeness (QED) is 0.740. The van der Waals surface area contributed by atoms with Crippen molar-refractivity contribution < 1.29 is 0 Å². The van der Waals surface area contributed by atoms with Gasteiger partial charge in [0.2, 0.25) is 0 Å². The Hall–Kier alpha value is -1.15. The molecule has 68 valence electrons. The molecule has 0 atom stereocenters. The normalized spacial score (nSPS) is 10.7. The molecule has 2 nitrogen and oxygen atoms in total. The first kappa shape index (κ1) is 8.45. The number of fused-ring (bicyclic) bond motifs is 1. The van der Waals surface area contributed by atoms with E-state index >= 15 is 0 Å². The lowest BCUT2D eigenvalue weighted by molar-refractivity contribution is 1.14. The van der Waals surface area contributed by atoms with E-state index in [1.807, 2.05) is 38.5 Å². The summed E-state index contributed by atoms with van der Waals surface area (Å²) < 4.78 is 0. The number of aromatic nitrogens is 1. The van der Waals surface area contributed by atoms with Crippen molar-refractivity contribution in [2.24, 2.45) is 0 Å². The molecule has 0 spiro atoms. The topological polar surface area (TPSA) is 19.0 Å². The minimum absolute atomic E-state index is 0.764. The average molecular weight is 195 g/mol. The van der Waals surface area contributed by atoms with E-state index in [0.29, 0.717) is 0 Å². The fourth-order valence-electron chi connectivity index (χ4n) is 1.45. The summed E-state index contributed by atoms with van der Waals surface area (Å²) in [5, 5.41) is 1.97. The van der Waals surface area contributed by atoms with Crippen molar-refractivity contribution in [3.05, 3.63) is 29.4 Å². The SMILES string of the molecule is CN(C)c1c[nH]c2cc(Cl)ccc12. The van der Waals surface area contributed by atoms with E-state index in [-0.39, 0.29) is 0 Å². The maximum absolute atomic E-state index is 5.87. The lowest BCUT2D eigenvalue weighted by Crippen LogP contribution is -2.07. The summed E-state index contributed by atoms with van der Waals surface area (Å²) in [5.74, 6) is 0. The average Bonchev–Trinajstić information content (AvgIpc) is 2.46. The second-order valence-electron chi connectivity index (χ2n) is 3.26. The van der Waals surface area contributed by atoms with Gasteiger partial charge in [0.1, 0.15) is 0 Å². The molecule has 2 aromatic rings. The van der Waals surface area contributed by atoms with Gasteiger partial charge in [-0.15, -0.1) is 0 Å². The fraction of sp³-hybridized carbons (Fsp3) is 0.200. The molecule has 0 unspecified atom stereocenters. The number of anilines is 1. The molecule has 0 saturated carbocycles. The molecular weight excluding hydrogens is 184 g/mol. The highest BCUT2D eigenvalue weighted by molar-refractivity contribution is 6.31. The van der Waals surface area contributed by atoms with Gasteiger partial charge in [-0.05, 0) is 18.2 Å². The number of H-pyrrole nitrogens is 1. The van der Waals surface area contributed by atoms with Crippen molar-refractivity contribution in [3.63, 3.8) is 0 Å². The summed E-state index contributed by atoms with van der Waals surface area (Å²) in [6.07, 6.45) is 1.99. The molecule has 0 aliphatic carbocycles. The largest absolute Gasteiger partial charge is 0.376 e. The van der Waals surface area contributed by atoms with Crippen LogP contribution in [0.3, 0.4) is 0 Å². The minimum Gasteiger partial charge on any atom is -0.376 e. The van der Waals surface area contributed by atoms with E-state index in [1.54, 1.807) is 0 Å². The summed E-state index contributed by atoms with van der Waals surface area (Å²) in [5.41, 5.74) is 2.27. The van der Waals surface area contributed by atoms with E-state index in [9.17, 15) is 0 Å². The van der Waals surface area contributed by atoms with Crippen LogP contribution in [0.4, 0.5) is 5.69 Å². The number of hydrogen-bond donors (Lipinski definition) is 1. The lowest BCUT2D eigenvalue weighted by atomic mass is 10.2. The van der Waals surface area contributed by atoms with E-state index in [0.717, 1.165) is 10.5 Å². The Morgan fingerprint density at radius 1 is 1.31 bits per heavy atom. The van der Waals surface area contributed by atoms with E-state index in [2.05, 4.69) is 9.88 Å². The Morgan fingerprint density at radius 2 is 2.08 bits per heavy atom. The molecule has 0 amide bonds. The van der Waals surface area contributed by atoms with Crippen LogP contribution in [0, 0.1) is 0 Å². The zero-order chi connectivity index (χ0) is 9.42. The summed E-state index contributed by atoms with van der Waals surface area (Å²) in [6, 6.07) is 5.87. The second kappa shape index (κ2) is 2.96. The van der Waals surface area contributed by atoms with Crippen LogP contribution in [0.2, 0.25) is 5.02 Å². The first-order valence-corrected chi connectivity index (χ1v) is 4.50. The monoisotopic (exact) mass is 194 g/mol. The number of halogens is 1. The van der Waals surface area contributed by atoms with Crippen LogP contribution in [0.15, 0.2) is 24.4 Å². The molecule has 0 bridgehead atoms. The van der Waals surface area contributed by atoms with Gasteiger partial charge in [-0.3, -0.25) is 0 Å². The van der Waals surface area contributed by atoms with Crippen LogP contribution in [0.25, 0.3) is 10.9 Å². The fourth-order valence-corrected chi connectivity index (χ4v) is 1.63. The number of hydrogen-bond acceptors (Lipinski definition) is 1. The highest BCUT2D eigenvalue weighted by Gasteiger charge is 2.04. The van der Waals surface area contributed by atoms with Gasteiger partial charge < -0.3 is 9.88 Å². The maximum Gasteiger partial charge on any atom is 0.0618 e.